The SMILES string of the molecule is CC(CNC1CC1)N(C)CC1CCCC1. The molecule has 0 saturated heterocycles. The molecule has 1 unspecified atom stereocenters. The number of hydrogen-bond acceptors (Lipinski definition) is 2. The minimum Gasteiger partial charge on any atom is -0.312 e. The Bertz CT molecular complexity index is 183. The van der Waals surface area contributed by atoms with Gasteiger partial charge in [0.25, 0.3) is 0 Å². The fourth-order valence-corrected chi connectivity index (χ4v) is 2.56. The summed E-state index contributed by atoms with van der Waals surface area (Å²) >= 11 is 0. The van der Waals surface area contributed by atoms with Gasteiger partial charge in [0.1, 0.15) is 0 Å². The Kier molecular flexibility index (Phi) is 4.04. The molecule has 0 aromatic heterocycles. The van der Waals surface area contributed by atoms with Crippen LogP contribution >= 0.6 is 0 Å². The van der Waals surface area contributed by atoms with Crippen LogP contribution in [0.2, 0.25) is 0 Å². The predicted molar refractivity (Wildman–Crippen MR) is 65.1 cm³/mol. The van der Waals surface area contributed by atoms with Crippen molar-refractivity contribution < 1.29 is 0 Å². The lowest BCUT2D eigenvalue weighted by Gasteiger charge is -2.27. The Morgan fingerprint density at radius 1 is 1.20 bits per heavy atom. The Hall–Kier alpha value is -0.0800. The predicted octanol–water partition coefficient (Wildman–Crippen LogP) is 2.25. The van der Waals surface area contributed by atoms with E-state index in [2.05, 4.69) is 24.2 Å². The molecule has 0 aromatic rings. The first-order chi connectivity index (χ1) is 7.25. The van der Waals surface area contributed by atoms with Crippen LogP contribution in [0.25, 0.3) is 0 Å². The third kappa shape index (κ3) is 3.76. The van der Waals surface area contributed by atoms with Crippen molar-refractivity contribution >= 4 is 0 Å². The highest BCUT2D eigenvalue weighted by atomic mass is 15.2. The fraction of sp³-hybridized carbons (Fsp3) is 1.00. The van der Waals surface area contributed by atoms with Crippen LogP contribution in [0.15, 0.2) is 0 Å². The highest BCUT2D eigenvalue weighted by Gasteiger charge is 2.23. The third-order valence-electron chi connectivity index (χ3n) is 4.05. The maximum Gasteiger partial charge on any atom is 0.0189 e. The zero-order valence-electron chi connectivity index (χ0n) is 10.3. The van der Waals surface area contributed by atoms with Crippen molar-refractivity contribution in [3.8, 4) is 0 Å². The zero-order chi connectivity index (χ0) is 10.7. The average molecular weight is 210 g/mol. The van der Waals surface area contributed by atoms with E-state index in [1.54, 1.807) is 0 Å². The molecule has 1 atom stereocenters. The van der Waals surface area contributed by atoms with Gasteiger partial charge in [-0.15, -0.1) is 0 Å². The summed E-state index contributed by atoms with van der Waals surface area (Å²) < 4.78 is 0. The molecule has 2 aliphatic rings. The van der Waals surface area contributed by atoms with E-state index < -0.39 is 0 Å². The number of rotatable bonds is 6. The van der Waals surface area contributed by atoms with E-state index in [4.69, 9.17) is 0 Å². The molecule has 2 aliphatic carbocycles. The van der Waals surface area contributed by atoms with Crippen LogP contribution < -0.4 is 5.32 Å². The van der Waals surface area contributed by atoms with Crippen molar-refractivity contribution in [3.05, 3.63) is 0 Å². The molecule has 0 amide bonds. The van der Waals surface area contributed by atoms with Crippen LogP contribution in [0.1, 0.15) is 45.4 Å². The second-order valence-electron chi connectivity index (χ2n) is 5.62. The van der Waals surface area contributed by atoms with Crippen molar-refractivity contribution in [3.63, 3.8) is 0 Å². The summed E-state index contributed by atoms with van der Waals surface area (Å²) in [7, 11) is 2.29. The number of likely N-dealkylation sites (N-methyl/N-ethyl adjacent to an activating group) is 1. The molecule has 2 fully saturated rings. The highest BCUT2D eigenvalue weighted by molar-refractivity contribution is 4.83. The Labute approximate surface area is 94.4 Å². The van der Waals surface area contributed by atoms with Crippen LogP contribution in [-0.4, -0.2) is 37.1 Å². The van der Waals surface area contributed by atoms with E-state index in [1.807, 2.05) is 0 Å². The van der Waals surface area contributed by atoms with Gasteiger partial charge in [0.05, 0.1) is 0 Å². The van der Waals surface area contributed by atoms with Gasteiger partial charge in [-0.2, -0.15) is 0 Å². The molecular formula is C13H26N2. The first-order valence-corrected chi connectivity index (χ1v) is 6.69. The smallest absolute Gasteiger partial charge is 0.0189 e. The largest absolute Gasteiger partial charge is 0.312 e. The Morgan fingerprint density at radius 2 is 1.87 bits per heavy atom. The van der Waals surface area contributed by atoms with Gasteiger partial charge >= 0.3 is 0 Å². The van der Waals surface area contributed by atoms with E-state index in [0.29, 0.717) is 6.04 Å². The zero-order valence-corrected chi connectivity index (χ0v) is 10.3. The van der Waals surface area contributed by atoms with Crippen LogP contribution in [-0.2, 0) is 0 Å². The first kappa shape index (κ1) is 11.4. The molecule has 0 spiro atoms. The maximum absolute atomic E-state index is 3.62. The molecule has 0 heterocycles. The number of nitrogens with zero attached hydrogens (tertiary/aromatic N) is 1. The fourth-order valence-electron chi connectivity index (χ4n) is 2.56. The average Bonchev–Trinajstić information content (AvgIpc) is 2.92. The second kappa shape index (κ2) is 5.31. The Morgan fingerprint density at radius 3 is 2.47 bits per heavy atom. The quantitative estimate of drug-likeness (QED) is 0.723. The molecule has 1 N–H and O–H groups in total. The molecule has 0 bridgehead atoms. The van der Waals surface area contributed by atoms with Gasteiger partial charge in [-0.05, 0) is 45.6 Å². The summed E-state index contributed by atoms with van der Waals surface area (Å²) in [6, 6.07) is 1.55. The van der Waals surface area contributed by atoms with E-state index in [0.717, 1.165) is 12.0 Å². The lowest BCUT2D eigenvalue weighted by molar-refractivity contribution is 0.214. The standard InChI is InChI=1S/C13H26N2/c1-11(9-14-13-7-8-13)15(2)10-12-5-3-4-6-12/h11-14H,3-10H2,1-2H3. The van der Waals surface area contributed by atoms with E-state index >= 15 is 0 Å². The Balaban J connectivity index is 1.61. The summed E-state index contributed by atoms with van der Waals surface area (Å²) in [5.74, 6) is 0.985. The number of hydrogen-bond donors (Lipinski definition) is 1. The summed E-state index contributed by atoms with van der Waals surface area (Å²) in [5, 5.41) is 3.62. The summed E-state index contributed by atoms with van der Waals surface area (Å²) in [6.07, 6.45) is 8.67. The molecule has 2 heteroatoms. The normalized spacial score (nSPS) is 25.0. The first-order valence-electron chi connectivity index (χ1n) is 6.69. The van der Waals surface area contributed by atoms with Gasteiger partial charge in [0.15, 0.2) is 0 Å². The lowest BCUT2D eigenvalue weighted by Crippen LogP contribution is -2.40. The van der Waals surface area contributed by atoms with Crippen molar-refractivity contribution in [2.24, 2.45) is 5.92 Å². The minimum absolute atomic E-state index is 0.700. The van der Waals surface area contributed by atoms with Crippen molar-refractivity contribution in [2.45, 2.75) is 57.5 Å². The summed E-state index contributed by atoms with van der Waals surface area (Å²) in [6.45, 7) is 4.84. The number of nitrogens with one attached hydrogen (secondary N) is 1. The van der Waals surface area contributed by atoms with E-state index in [9.17, 15) is 0 Å². The molecule has 0 radical (unpaired) electrons. The summed E-state index contributed by atoms with van der Waals surface area (Å²) in [4.78, 5) is 2.55. The molecule has 88 valence electrons. The topological polar surface area (TPSA) is 15.3 Å². The van der Waals surface area contributed by atoms with Gasteiger partial charge in [-0.25, -0.2) is 0 Å². The molecule has 2 rings (SSSR count). The third-order valence-corrected chi connectivity index (χ3v) is 4.05. The van der Waals surface area contributed by atoms with Gasteiger partial charge < -0.3 is 10.2 Å². The molecule has 15 heavy (non-hydrogen) atoms. The highest BCUT2D eigenvalue weighted by Crippen LogP contribution is 2.25. The molecule has 2 nitrogen and oxygen atoms in total. The van der Waals surface area contributed by atoms with Gasteiger partial charge in [0, 0.05) is 25.2 Å². The molecular weight excluding hydrogens is 184 g/mol. The molecule has 0 aromatic carbocycles. The van der Waals surface area contributed by atoms with Crippen LogP contribution in [0.4, 0.5) is 0 Å². The minimum atomic E-state index is 0.700. The molecule has 0 aliphatic heterocycles. The van der Waals surface area contributed by atoms with Crippen molar-refractivity contribution in [2.75, 3.05) is 20.1 Å². The second-order valence-corrected chi connectivity index (χ2v) is 5.62. The monoisotopic (exact) mass is 210 g/mol. The lowest BCUT2D eigenvalue weighted by atomic mass is 10.1. The van der Waals surface area contributed by atoms with E-state index in [-0.39, 0.29) is 0 Å². The maximum atomic E-state index is 3.62. The van der Waals surface area contributed by atoms with E-state index in [1.165, 1.54) is 51.6 Å². The van der Waals surface area contributed by atoms with Crippen LogP contribution in [0, 0.1) is 5.92 Å². The van der Waals surface area contributed by atoms with Crippen LogP contribution in [0.3, 0.4) is 0 Å². The van der Waals surface area contributed by atoms with Crippen molar-refractivity contribution in [1.29, 1.82) is 0 Å². The molecule has 2 saturated carbocycles. The van der Waals surface area contributed by atoms with Gasteiger partial charge in [-0.3, -0.25) is 0 Å². The van der Waals surface area contributed by atoms with Gasteiger partial charge in [0.2, 0.25) is 0 Å². The van der Waals surface area contributed by atoms with Gasteiger partial charge in [-0.1, -0.05) is 12.8 Å². The van der Waals surface area contributed by atoms with Crippen LogP contribution in [0.5, 0.6) is 0 Å². The summed E-state index contributed by atoms with van der Waals surface area (Å²) in [5.41, 5.74) is 0. The van der Waals surface area contributed by atoms with Crippen molar-refractivity contribution in [1.82, 2.24) is 10.2 Å².